The van der Waals surface area contributed by atoms with Crippen LogP contribution in [0.25, 0.3) is 0 Å². The second-order valence-corrected chi connectivity index (χ2v) is 25.5. The van der Waals surface area contributed by atoms with Crippen LogP contribution in [0.3, 0.4) is 0 Å². The fraction of sp³-hybridized carbons (Fsp3) is 1.00. The van der Waals surface area contributed by atoms with Crippen molar-refractivity contribution >= 4 is 17.2 Å². The zero-order valence-electron chi connectivity index (χ0n) is 6.08. The molecule has 0 aliphatic rings. The van der Waals surface area contributed by atoms with Crippen LogP contribution in [-0.2, 0) is 17.6 Å². The molecule has 0 aliphatic heterocycles. The molecule has 56 valence electrons. The van der Waals surface area contributed by atoms with Gasteiger partial charge < -0.3 is 0 Å². The van der Waals surface area contributed by atoms with E-state index in [9.17, 15) is 0 Å². The summed E-state index contributed by atoms with van der Waals surface area (Å²) in [4.78, 5) is 0. The summed E-state index contributed by atoms with van der Waals surface area (Å²) in [6.45, 7) is 4.30. The van der Waals surface area contributed by atoms with E-state index in [1.165, 1.54) is 0 Å². The molecule has 0 saturated carbocycles. The van der Waals surface area contributed by atoms with E-state index in [0.717, 1.165) is 21.2 Å². The fourth-order valence-corrected chi connectivity index (χ4v) is 13.2. The van der Waals surface area contributed by atoms with Gasteiger partial charge in [-0.25, -0.2) is 0 Å². The quantitative estimate of drug-likeness (QED) is 0.679. The molecule has 0 N–H and O–H groups in total. The Hall–Kier alpha value is 1.45. The second-order valence-electron chi connectivity index (χ2n) is 2.36. The number of hydrogen-bond acceptors (Lipinski definition) is 0. The maximum atomic E-state index is 6.12. The van der Waals surface area contributed by atoms with E-state index >= 15 is 0 Å². The summed E-state index contributed by atoms with van der Waals surface area (Å²) in [7, 11) is 12.2. The molecule has 0 aliphatic carbocycles. The van der Waals surface area contributed by atoms with Crippen LogP contribution in [0.5, 0.6) is 0 Å². The van der Waals surface area contributed by atoms with Gasteiger partial charge in [0.15, 0.2) is 0 Å². The van der Waals surface area contributed by atoms with Crippen molar-refractivity contribution in [1.82, 2.24) is 0 Å². The van der Waals surface area contributed by atoms with Gasteiger partial charge in [0.05, 0.1) is 0 Å². The molecule has 0 saturated heterocycles. The Morgan fingerprint density at radius 3 is 1.56 bits per heavy atom. The van der Waals surface area contributed by atoms with Crippen LogP contribution < -0.4 is 0 Å². The molecule has 0 fully saturated rings. The third kappa shape index (κ3) is 5.87. The summed E-state index contributed by atoms with van der Waals surface area (Å²) in [6, 6.07) is 0. The van der Waals surface area contributed by atoms with E-state index in [1.807, 2.05) is 0 Å². The van der Waals surface area contributed by atoms with Crippen LogP contribution in [0.15, 0.2) is 0 Å². The van der Waals surface area contributed by atoms with Crippen molar-refractivity contribution in [3.8, 4) is 0 Å². The van der Waals surface area contributed by atoms with Gasteiger partial charge in [0, 0.05) is 0 Å². The average Bonchev–Trinajstić information content (AvgIpc) is 1.64. The van der Waals surface area contributed by atoms with Crippen LogP contribution in [0.2, 0.25) is 8.35 Å². The molecule has 3 heteroatoms. The predicted molar refractivity (Wildman–Crippen MR) is 41.9 cm³/mol. The monoisotopic (exact) mass is 336 g/mol. The summed E-state index contributed by atoms with van der Waals surface area (Å²) in [5, 5.41) is 0. The predicted octanol–water partition coefficient (Wildman–Crippen LogP) is 4.10. The van der Waals surface area contributed by atoms with Crippen molar-refractivity contribution in [2.45, 2.75) is 35.0 Å². The van der Waals surface area contributed by atoms with Crippen LogP contribution in [0.4, 0.5) is 0 Å². The molecule has 0 bridgehead atoms. The first kappa shape index (κ1) is 10.5. The van der Waals surface area contributed by atoms with Gasteiger partial charge in [0.25, 0.3) is 0 Å². The molecule has 0 aromatic carbocycles. The van der Waals surface area contributed by atoms with Crippen molar-refractivity contribution in [3.05, 3.63) is 0 Å². The first-order valence-electron chi connectivity index (χ1n) is 3.50. The van der Waals surface area contributed by atoms with E-state index < -0.39 is 17.6 Å². The first-order valence-corrected chi connectivity index (χ1v) is 17.5. The molecular weight excluding hydrogens is 321 g/mol. The van der Waals surface area contributed by atoms with Gasteiger partial charge in [0.1, 0.15) is 0 Å². The Labute approximate surface area is 69.4 Å². The number of rotatable bonds is 4. The van der Waals surface area contributed by atoms with Gasteiger partial charge in [-0.1, -0.05) is 0 Å². The third-order valence-electron chi connectivity index (χ3n) is 1.23. The van der Waals surface area contributed by atoms with Crippen LogP contribution >= 0.6 is 17.2 Å². The van der Waals surface area contributed by atoms with Crippen molar-refractivity contribution < 1.29 is 17.6 Å². The molecule has 0 aromatic rings. The SMILES string of the molecule is CC[CH2][Hf]([Cl])([Cl])[CH2]CC. The summed E-state index contributed by atoms with van der Waals surface area (Å²) < 4.78 is 2.26. The molecule has 0 heterocycles. The molecular formula is C6H14Cl2Hf. The summed E-state index contributed by atoms with van der Waals surface area (Å²) in [5.74, 6) is 0. The normalized spacial score (nSPS) is 12.0. The minimum atomic E-state index is -2.54. The molecule has 0 amide bonds. The number of halogens is 2. The molecule has 0 radical (unpaired) electrons. The van der Waals surface area contributed by atoms with Gasteiger partial charge in [-0.3, -0.25) is 0 Å². The molecule has 0 nitrogen and oxygen atoms in total. The molecule has 0 unspecified atom stereocenters. The van der Waals surface area contributed by atoms with Crippen LogP contribution in [-0.4, -0.2) is 0 Å². The van der Waals surface area contributed by atoms with Crippen molar-refractivity contribution in [2.24, 2.45) is 0 Å². The zero-order valence-corrected chi connectivity index (χ0v) is 11.2. The van der Waals surface area contributed by atoms with E-state index in [0.29, 0.717) is 0 Å². The first-order chi connectivity index (χ1) is 4.12. The fourth-order valence-electron chi connectivity index (χ4n) is 0.857. The molecule has 9 heavy (non-hydrogen) atoms. The van der Waals surface area contributed by atoms with Crippen molar-refractivity contribution in [1.29, 1.82) is 0 Å². The van der Waals surface area contributed by atoms with Gasteiger partial charge >= 0.3 is 69.8 Å². The maximum absolute atomic E-state index is 6.12. The zero-order chi connectivity index (χ0) is 7.33. The van der Waals surface area contributed by atoms with Crippen LogP contribution in [0, 0.1) is 0 Å². The summed E-state index contributed by atoms with van der Waals surface area (Å²) in [5.41, 5.74) is 0. The molecule has 0 atom stereocenters. The third-order valence-corrected chi connectivity index (χ3v) is 16.3. The Kier molecular flexibility index (Phi) is 5.98. The standard InChI is InChI=1S/2C3H7.2ClH.Hf/c2*1-3-2;;;/h2*1,3H2,2H3;2*1H;/q;;;;+2/p-2. The average molecular weight is 336 g/mol. The molecule has 0 aromatic heterocycles. The van der Waals surface area contributed by atoms with E-state index in [4.69, 9.17) is 17.2 Å². The van der Waals surface area contributed by atoms with Gasteiger partial charge in [-0.15, -0.1) is 0 Å². The topological polar surface area (TPSA) is 0 Å². The Balaban J connectivity index is 3.43. The van der Waals surface area contributed by atoms with Gasteiger partial charge in [-0.05, 0) is 0 Å². The van der Waals surface area contributed by atoms with E-state index in [2.05, 4.69) is 13.8 Å². The Morgan fingerprint density at radius 1 is 1.00 bits per heavy atom. The Morgan fingerprint density at radius 2 is 1.33 bits per heavy atom. The Bertz CT molecular complexity index is 65.5. The van der Waals surface area contributed by atoms with E-state index in [-0.39, 0.29) is 0 Å². The van der Waals surface area contributed by atoms with E-state index in [1.54, 1.807) is 0 Å². The second kappa shape index (κ2) is 5.15. The summed E-state index contributed by atoms with van der Waals surface area (Å²) >= 11 is -2.54. The number of hydrogen-bond donors (Lipinski definition) is 0. The van der Waals surface area contributed by atoms with Crippen LogP contribution in [0.1, 0.15) is 26.7 Å². The molecule has 0 spiro atoms. The summed E-state index contributed by atoms with van der Waals surface area (Å²) in [6.07, 6.45) is 2.32. The van der Waals surface area contributed by atoms with Gasteiger partial charge in [-0.2, -0.15) is 0 Å². The minimum absolute atomic E-state index is 1.13. The van der Waals surface area contributed by atoms with Crippen molar-refractivity contribution in [2.75, 3.05) is 0 Å². The molecule has 0 rings (SSSR count). The van der Waals surface area contributed by atoms with Crippen molar-refractivity contribution in [3.63, 3.8) is 0 Å². The van der Waals surface area contributed by atoms with Gasteiger partial charge in [0.2, 0.25) is 0 Å².